The number of rotatable bonds is 61. The maximum absolute atomic E-state index is 12.5. The summed E-state index contributed by atoms with van der Waals surface area (Å²) in [6.45, 7) is 4.93. The molecule has 6 nitrogen and oxygen atoms in total. The highest BCUT2D eigenvalue weighted by molar-refractivity contribution is 5.76. The monoisotopic (exact) mass is 1010 g/mol. The number of hydrogen-bond donors (Lipinski definition) is 3. The molecule has 1 amide bonds. The van der Waals surface area contributed by atoms with Gasteiger partial charge in [0.1, 0.15) is 0 Å². The first-order chi connectivity index (χ1) is 35.5. The van der Waals surface area contributed by atoms with Crippen molar-refractivity contribution in [3.8, 4) is 0 Å². The van der Waals surface area contributed by atoms with E-state index in [9.17, 15) is 19.8 Å². The summed E-state index contributed by atoms with van der Waals surface area (Å²) < 4.78 is 5.50. The van der Waals surface area contributed by atoms with Crippen molar-refractivity contribution in [2.75, 3.05) is 13.2 Å². The molecule has 0 rings (SSSR count). The predicted molar refractivity (Wildman–Crippen MR) is 315 cm³/mol. The standard InChI is InChI=1S/C66H127NO5/c1-3-5-7-9-11-13-15-17-19-27-32-36-40-44-48-52-56-60-66(71)72-61-57-53-49-45-41-37-33-29-26-24-22-21-23-25-28-31-35-39-43-47-51-55-59-65(70)67-63(62-68)64(69)58-54-50-46-42-38-34-30-20-18-16-14-12-10-8-6-4-2/h23,25,54,58,63-64,68-69H,3-22,24,26-53,55-57,59-62H2,1-2H3,(H,67,70)/b25-23-,58-54+. The Morgan fingerprint density at radius 1 is 0.375 bits per heavy atom. The lowest BCUT2D eigenvalue weighted by atomic mass is 10.0. The normalized spacial score (nSPS) is 12.7. The van der Waals surface area contributed by atoms with Gasteiger partial charge in [-0.15, -0.1) is 0 Å². The van der Waals surface area contributed by atoms with Crippen LogP contribution in [-0.2, 0) is 14.3 Å². The summed E-state index contributed by atoms with van der Waals surface area (Å²) in [5.74, 6) is -0.0589. The fourth-order valence-corrected chi connectivity index (χ4v) is 10.2. The molecule has 6 heteroatoms. The molecule has 3 N–H and O–H groups in total. The maximum Gasteiger partial charge on any atom is 0.305 e. The smallest absolute Gasteiger partial charge is 0.305 e. The highest BCUT2D eigenvalue weighted by atomic mass is 16.5. The predicted octanol–water partition coefficient (Wildman–Crippen LogP) is 20.6. The molecule has 0 bridgehead atoms. The van der Waals surface area contributed by atoms with Crippen molar-refractivity contribution in [1.29, 1.82) is 0 Å². The summed E-state index contributed by atoms with van der Waals surface area (Å²) in [7, 11) is 0. The zero-order valence-electron chi connectivity index (χ0n) is 48.7. The Morgan fingerprint density at radius 3 is 0.986 bits per heavy atom. The lowest BCUT2D eigenvalue weighted by molar-refractivity contribution is -0.143. The maximum atomic E-state index is 12.5. The van der Waals surface area contributed by atoms with Crippen LogP contribution in [0.4, 0.5) is 0 Å². The van der Waals surface area contributed by atoms with Gasteiger partial charge in [-0.3, -0.25) is 9.59 Å². The van der Waals surface area contributed by atoms with E-state index in [2.05, 4.69) is 31.3 Å². The highest BCUT2D eigenvalue weighted by Gasteiger charge is 2.18. The molecule has 2 unspecified atom stereocenters. The number of nitrogens with one attached hydrogen (secondary N) is 1. The lowest BCUT2D eigenvalue weighted by Crippen LogP contribution is -2.45. The third-order valence-corrected chi connectivity index (χ3v) is 15.2. The number of ether oxygens (including phenoxy) is 1. The number of amides is 1. The van der Waals surface area contributed by atoms with E-state index >= 15 is 0 Å². The molecule has 72 heavy (non-hydrogen) atoms. The number of allylic oxidation sites excluding steroid dienone is 3. The van der Waals surface area contributed by atoms with Gasteiger partial charge in [0.15, 0.2) is 0 Å². The van der Waals surface area contributed by atoms with Gasteiger partial charge < -0.3 is 20.3 Å². The molecular weight excluding hydrogens is 887 g/mol. The van der Waals surface area contributed by atoms with Crippen LogP contribution < -0.4 is 5.32 Å². The molecular formula is C66H127NO5. The number of unbranched alkanes of at least 4 members (excludes halogenated alkanes) is 48. The second kappa shape index (κ2) is 61.9. The molecule has 0 fully saturated rings. The largest absolute Gasteiger partial charge is 0.466 e. The van der Waals surface area contributed by atoms with Crippen molar-refractivity contribution in [2.45, 2.75) is 373 Å². The van der Waals surface area contributed by atoms with Gasteiger partial charge in [-0.1, -0.05) is 314 Å². The number of hydrogen-bond acceptors (Lipinski definition) is 5. The van der Waals surface area contributed by atoms with Crippen molar-refractivity contribution in [2.24, 2.45) is 0 Å². The molecule has 0 aromatic rings. The van der Waals surface area contributed by atoms with Crippen LogP contribution >= 0.6 is 0 Å². The average Bonchev–Trinajstić information content (AvgIpc) is 3.38. The molecule has 2 atom stereocenters. The molecule has 0 aliphatic rings. The van der Waals surface area contributed by atoms with Crippen LogP contribution in [0, 0.1) is 0 Å². The Labute approximate surface area is 450 Å². The molecule has 0 aliphatic heterocycles. The first-order valence-corrected chi connectivity index (χ1v) is 32.6. The Balaban J connectivity index is 3.42. The fraction of sp³-hybridized carbons (Fsp3) is 0.909. The second-order valence-electron chi connectivity index (χ2n) is 22.5. The topological polar surface area (TPSA) is 95.9 Å². The first-order valence-electron chi connectivity index (χ1n) is 32.6. The van der Waals surface area contributed by atoms with E-state index in [4.69, 9.17) is 4.74 Å². The van der Waals surface area contributed by atoms with Crippen molar-refractivity contribution in [3.63, 3.8) is 0 Å². The van der Waals surface area contributed by atoms with Crippen molar-refractivity contribution < 1.29 is 24.5 Å². The Kier molecular flexibility index (Phi) is 60.5. The average molecular weight is 1010 g/mol. The molecule has 426 valence electrons. The number of carbonyl (C=O) groups excluding carboxylic acids is 2. The molecule has 0 radical (unpaired) electrons. The minimum Gasteiger partial charge on any atom is -0.466 e. The summed E-state index contributed by atoms with van der Waals surface area (Å²) in [5.41, 5.74) is 0. The van der Waals surface area contributed by atoms with Crippen LogP contribution in [0.15, 0.2) is 24.3 Å². The zero-order valence-corrected chi connectivity index (χ0v) is 48.7. The fourth-order valence-electron chi connectivity index (χ4n) is 10.2. The van der Waals surface area contributed by atoms with Gasteiger partial charge in [-0.2, -0.15) is 0 Å². The number of aliphatic hydroxyl groups is 2. The summed E-state index contributed by atoms with van der Waals surface area (Å²) in [4.78, 5) is 24.6. The summed E-state index contributed by atoms with van der Waals surface area (Å²) in [6, 6.07) is -0.633. The lowest BCUT2D eigenvalue weighted by Gasteiger charge is -2.20. The van der Waals surface area contributed by atoms with Crippen molar-refractivity contribution in [3.05, 3.63) is 24.3 Å². The third kappa shape index (κ3) is 57.6. The van der Waals surface area contributed by atoms with Gasteiger partial charge in [-0.25, -0.2) is 0 Å². The summed E-state index contributed by atoms with van der Waals surface area (Å²) in [5, 5.41) is 23.1. The minimum absolute atomic E-state index is 0.0138. The van der Waals surface area contributed by atoms with Crippen LogP contribution in [0.1, 0.15) is 361 Å². The number of aliphatic hydroxyl groups excluding tert-OH is 2. The molecule has 0 aromatic carbocycles. The number of carbonyl (C=O) groups is 2. The van der Waals surface area contributed by atoms with Crippen molar-refractivity contribution in [1.82, 2.24) is 5.32 Å². The highest BCUT2D eigenvalue weighted by Crippen LogP contribution is 2.18. The summed E-state index contributed by atoms with van der Waals surface area (Å²) >= 11 is 0. The number of esters is 1. The Morgan fingerprint density at radius 2 is 0.653 bits per heavy atom. The van der Waals surface area contributed by atoms with Gasteiger partial charge in [0.2, 0.25) is 5.91 Å². The quantitative estimate of drug-likeness (QED) is 0.0320. The van der Waals surface area contributed by atoms with Gasteiger partial charge in [-0.05, 0) is 57.8 Å². The second-order valence-corrected chi connectivity index (χ2v) is 22.5. The van der Waals surface area contributed by atoms with Gasteiger partial charge in [0.25, 0.3) is 0 Å². The van der Waals surface area contributed by atoms with Gasteiger partial charge in [0, 0.05) is 12.8 Å². The first kappa shape index (κ1) is 70.3. The molecule has 0 aromatic heterocycles. The molecule has 0 aliphatic carbocycles. The molecule has 0 spiro atoms. The zero-order chi connectivity index (χ0) is 52.2. The van der Waals surface area contributed by atoms with Crippen LogP contribution in [0.3, 0.4) is 0 Å². The molecule has 0 saturated carbocycles. The SMILES string of the molecule is CCCCCCCCCCCCCCCC/C=C/C(O)C(CO)NC(=O)CCCCCCCCC/C=C\CCCCCCCCCCCCCOC(=O)CCCCCCCCCCCCCCCCCCC. The van der Waals surface area contributed by atoms with E-state index in [0.29, 0.717) is 19.4 Å². The van der Waals surface area contributed by atoms with E-state index in [0.717, 1.165) is 44.9 Å². The van der Waals surface area contributed by atoms with Crippen LogP contribution in [0.25, 0.3) is 0 Å². The minimum atomic E-state index is -0.848. The van der Waals surface area contributed by atoms with Crippen LogP contribution in [0.2, 0.25) is 0 Å². The van der Waals surface area contributed by atoms with E-state index in [1.54, 1.807) is 6.08 Å². The molecule has 0 heterocycles. The van der Waals surface area contributed by atoms with Crippen LogP contribution in [-0.4, -0.2) is 47.4 Å². The third-order valence-electron chi connectivity index (χ3n) is 15.2. The van der Waals surface area contributed by atoms with E-state index in [1.165, 1.54) is 289 Å². The van der Waals surface area contributed by atoms with Gasteiger partial charge in [0.05, 0.1) is 25.4 Å². The van der Waals surface area contributed by atoms with E-state index in [-0.39, 0.29) is 18.5 Å². The van der Waals surface area contributed by atoms with Gasteiger partial charge >= 0.3 is 5.97 Å². The van der Waals surface area contributed by atoms with Crippen molar-refractivity contribution >= 4 is 11.9 Å². The molecule has 0 saturated heterocycles. The van der Waals surface area contributed by atoms with E-state index < -0.39 is 12.1 Å². The Hall–Kier alpha value is -1.66. The summed E-state index contributed by atoms with van der Waals surface area (Å²) in [6.07, 6.45) is 76.6. The Bertz CT molecular complexity index is 1120. The van der Waals surface area contributed by atoms with Crippen LogP contribution in [0.5, 0.6) is 0 Å². The van der Waals surface area contributed by atoms with E-state index in [1.807, 2.05) is 6.08 Å².